The van der Waals surface area contributed by atoms with Crippen LogP contribution in [0.4, 0.5) is 5.69 Å². The van der Waals surface area contributed by atoms with Crippen LogP contribution in [0.1, 0.15) is 13.3 Å². The molecule has 6 nitrogen and oxygen atoms in total. The number of para-hydroxylation sites is 1. The average molecular weight is 541 g/mol. The van der Waals surface area contributed by atoms with Crippen LogP contribution in [0.2, 0.25) is 0 Å². The van der Waals surface area contributed by atoms with E-state index in [1.165, 1.54) is 5.69 Å². The van der Waals surface area contributed by atoms with Crippen molar-refractivity contribution >= 4 is 51.6 Å². The number of hydrogen-bond acceptors (Lipinski definition) is 4. The quantitative estimate of drug-likeness (QED) is 0.218. The fourth-order valence-corrected chi connectivity index (χ4v) is 3.32. The Bertz CT molecular complexity index is 548. The smallest absolute Gasteiger partial charge is 0.191 e. The summed E-state index contributed by atoms with van der Waals surface area (Å²) in [6, 6.07) is 8.76. The van der Waals surface area contributed by atoms with Gasteiger partial charge in [0.05, 0.1) is 32.1 Å². The zero-order chi connectivity index (χ0) is 17.9. The number of nitrogens with zero attached hydrogens (tertiary/aromatic N) is 2. The molecule has 1 aromatic rings. The lowest BCUT2D eigenvalue weighted by Gasteiger charge is -2.21. The molecule has 0 radical (unpaired) electrons. The van der Waals surface area contributed by atoms with Crippen LogP contribution in [0.15, 0.2) is 33.7 Å². The summed E-state index contributed by atoms with van der Waals surface area (Å²) in [5, 5.41) is 6.85. The van der Waals surface area contributed by atoms with Gasteiger partial charge in [0.15, 0.2) is 5.96 Å². The number of hydrogen-bond donors (Lipinski definition) is 2. The fraction of sp³-hybridized carbons (Fsp3) is 0.611. The summed E-state index contributed by atoms with van der Waals surface area (Å²) in [4.78, 5) is 6.99. The molecular formula is C18H30BrIN4O2. The number of ether oxygens (including phenoxy) is 2. The van der Waals surface area contributed by atoms with Crippen molar-refractivity contribution in [3.8, 4) is 0 Å². The van der Waals surface area contributed by atoms with E-state index in [9.17, 15) is 0 Å². The van der Waals surface area contributed by atoms with Crippen molar-refractivity contribution in [1.29, 1.82) is 0 Å². The molecule has 0 bridgehead atoms. The lowest BCUT2D eigenvalue weighted by atomic mass is 10.3. The van der Waals surface area contributed by atoms with Crippen LogP contribution in [0, 0.1) is 0 Å². The monoisotopic (exact) mass is 540 g/mol. The van der Waals surface area contributed by atoms with Gasteiger partial charge in [-0.3, -0.25) is 4.99 Å². The molecule has 1 unspecified atom stereocenters. The topological polar surface area (TPSA) is 58.1 Å². The summed E-state index contributed by atoms with van der Waals surface area (Å²) < 4.78 is 11.6. The standard InChI is InChI=1S/C18H29BrN4O2.HI/c1-3-20-18(21-9-11-25-13-12-24-2)22-15-8-10-23(14-15)17-7-5-4-6-16(17)19;/h4-7,15H,3,8-14H2,1-2H3,(H2,20,21,22);1H. The molecule has 0 amide bonds. The third kappa shape index (κ3) is 7.98. The molecule has 1 aromatic carbocycles. The van der Waals surface area contributed by atoms with E-state index in [0.29, 0.717) is 32.4 Å². The summed E-state index contributed by atoms with van der Waals surface area (Å²) in [6.45, 7) is 7.41. The van der Waals surface area contributed by atoms with Crippen LogP contribution in [0.25, 0.3) is 0 Å². The van der Waals surface area contributed by atoms with E-state index in [1.54, 1.807) is 7.11 Å². The number of methoxy groups -OCH3 is 1. The van der Waals surface area contributed by atoms with Gasteiger partial charge in [-0.05, 0) is 41.4 Å². The minimum absolute atomic E-state index is 0. The first-order chi connectivity index (χ1) is 12.2. The minimum atomic E-state index is 0. The van der Waals surface area contributed by atoms with Gasteiger partial charge in [0.25, 0.3) is 0 Å². The Kier molecular flexibility index (Phi) is 12.2. The summed E-state index contributed by atoms with van der Waals surface area (Å²) in [6.07, 6.45) is 1.09. The van der Waals surface area contributed by atoms with Gasteiger partial charge in [0.1, 0.15) is 0 Å². The molecule has 2 N–H and O–H groups in total. The Morgan fingerprint density at radius 2 is 2.12 bits per heavy atom. The molecule has 1 atom stereocenters. The number of halogens is 2. The van der Waals surface area contributed by atoms with Gasteiger partial charge < -0.3 is 25.0 Å². The Morgan fingerprint density at radius 3 is 2.85 bits per heavy atom. The zero-order valence-electron chi connectivity index (χ0n) is 15.5. The van der Waals surface area contributed by atoms with Crippen LogP contribution < -0.4 is 15.5 Å². The van der Waals surface area contributed by atoms with Crippen LogP contribution in [0.3, 0.4) is 0 Å². The van der Waals surface area contributed by atoms with Crippen molar-refractivity contribution < 1.29 is 9.47 Å². The molecule has 1 aliphatic rings. The molecule has 0 aliphatic carbocycles. The second-order valence-corrected chi connectivity index (χ2v) is 6.75. The van der Waals surface area contributed by atoms with Gasteiger partial charge in [-0.1, -0.05) is 12.1 Å². The van der Waals surface area contributed by atoms with E-state index in [4.69, 9.17) is 9.47 Å². The number of nitrogens with one attached hydrogen (secondary N) is 2. The SMILES string of the molecule is CCNC(=NCCOCCOC)NC1CCN(c2ccccc2Br)C1.I. The molecule has 2 rings (SSSR count). The third-order valence-corrected chi connectivity index (χ3v) is 4.67. The van der Waals surface area contributed by atoms with Gasteiger partial charge in [0.2, 0.25) is 0 Å². The van der Waals surface area contributed by atoms with Crippen molar-refractivity contribution in [3.63, 3.8) is 0 Å². The maximum atomic E-state index is 5.46. The van der Waals surface area contributed by atoms with Crippen molar-refractivity contribution in [1.82, 2.24) is 10.6 Å². The lowest BCUT2D eigenvalue weighted by Crippen LogP contribution is -2.44. The van der Waals surface area contributed by atoms with Gasteiger partial charge in [-0.2, -0.15) is 0 Å². The van der Waals surface area contributed by atoms with Crippen molar-refractivity contribution in [2.24, 2.45) is 4.99 Å². The van der Waals surface area contributed by atoms with Crippen LogP contribution in [-0.2, 0) is 9.47 Å². The maximum absolute atomic E-state index is 5.46. The summed E-state index contributed by atoms with van der Waals surface area (Å²) in [7, 11) is 1.67. The molecular weight excluding hydrogens is 511 g/mol. The Labute approximate surface area is 182 Å². The van der Waals surface area contributed by atoms with E-state index in [2.05, 4.69) is 61.6 Å². The highest BCUT2D eigenvalue weighted by molar-refractivity contribution is 14.0. The second kappa shape index (κ2) is 13.6. The molecule has 148 valence electrons. The average Bonchev–Trinajstić information content (AvgIpc) is 3.07. The predicted octanol–water partition coefficient (Wildman–Crippen LogP) is 2.86. The van der Waals surface area contributed by atoms with Gasteiger partial charge >= 0.3 is 0 Å². The van der Waals surface area contributed by atoms with Crippen molar-refractivity contribution in [3.05, 3.63) is 28.7 Å². The minimum Gasteiger partial charge on any atom is -0.382 e. The molecule has 1 fully saturated rings. The molecule has 26 heavy (non-hydrogen) atoms. The van der Waals surface area contributed by atoms with Gasteiger partial charge in [0, 0.05) is 37.3 Å². The van der Waals surface area contributed by atoms with Crippen molar-refractivity contribution in [2.75, 3.05) is 58.0 Å². The summed E-state index contributed by atoms with van der Waals surface area (Å²) in [5.41, 5.74) is 1.25. The number of aliphatic imine (C=N–C) groups is 1. The van der Waals surface area contributed by atoms with Gasteiger partial charge in [-0.25, -0.2) is 0 Å². The highest BCUT2D eigenvalue weighted by Crippen LogP contribution is 2.28. The molecule has 0 spiro atoms. The van der Waals surface area contributed by atoms with E-state index >= 15 is 0 Å². The Balaban J connectivity index is 0.00000338. The maximum Gasteiger partial charge on any atom is 0.191 e. The number of anilines is 1. The molecule has 1 saturated heterocycles. The summed E-state index contributed by atoms with van der Waals surface area (Å²) >= 11 is 3.64. The lowest BCUT2D eigenvalue weighted by molar-refractivity contribution is 0.0748. The van der Waals surface area contributed by atoms with Crippen molar-refractivity contribution in [2.45, 2.75) is 19.4 Å². The van der Waals surface area contributed by atoms with E-state index in [-0.39, 0.29) is 24.0 Å². The Hall–Kier alpha value is -0.580. The molecule has 1 aliphatic heterocycles. The molecule has 1 heterocycles. The molecule has 0 saturated carbocycles. The fourth-order valence-electron chi connectivity index (χ4n) is 2.78. The highest BCUT2D eigenvalue weighted by atomic mass is 127. The normalized spacial score (nSPS) is 17.1. The third-order valence-electron chi connectivity index (χ3n) is 4.00. The highest BCUT2D eigenvalue weighted by Gasteiger charge is 2.24. The van der Waals surface area contributed by atoms with Crippen LogP contribution >= 0.6 is 39.9 Å². The first-order valence-electron chi connectivity index (χ1n) is 8.85. The first kappa shape index (κ1) is 23.5. The van der Waals surface area contributed by atoms with Crippen LogP contribution in [-0.4, -0.2) is 65.1 Å². The Morgan fingerprint density at radius 1 is 1.31 bits per heavy atom. The van der Waals surface area contributed by atoms with Gasteiger partial charge in [-0.15, -0.1) is 24.0 Å². The zero-order valence-corrected chi connectivity index (χ0v) is 19.5. The predicted molar refractivity (Wildman–Crippen MR) is 122 cm³/mol. The van der Waals surface area contributed by atoms with E-state index in [0.717, 1.165) is 36.5 Å². The number of guanidine groups is 1. The summed E-state index contributed by atoms with van der Waals surface area (Å²) in [5.74, 6) is 0.858. The van der Waals surface area contributed by atoms with Crippen LogP contribution in [0.5, 0.6) is 0 Å². The number of rotatable bonds is 9. The second-order valence-electron chi connectivity index (χ2n) is 5.89. The molecule has 8 heteroatoms. The first-order valence-corrected chi connectivity index (χ1v) is 9.65. The van der Waals surface area contributed by atoms with E-state index < -0.39 is 0 Å². The van der Waals surface area contributed by atoms with E-state index in [1.807, 2.05) is 6.07 Å². The molecule has 0 aromatic heterocycles. The largest absolute Gasteiger partial charge is 0.382 e. The number of benzene rings is 1.